The molecule has 1 heterocycles. The normalized spacial score (nSPS) is 22.5. The third-order valence-electron chi connectivity index (χ3n) is 2.68. The van der Waals surface area contributed by atoms with Crippen LogP contribution in [-0.4, -0.2) is 28.4 Å². The number of alkyl halides is 7. The Morgan fingerprint density at radius 3 is 2.14 bits per heavy atom. The van der Waals surface area contributed by atoms with Crippen molar-refractivity contribution in [3.63, 3.8) is 0 Å². The molecule has 2 atom stereocenters. The lowest BCUT2D eigenvalue weighted by atomic mass is 10.1. The van der Waals surface area contributed by atoms with Gasteiger partial charge in [0.05, 0.1) is 11.0 Å². The fraction of sp³-hybridized carbons (Fsp3) is 0.400. The second kappa shape index (κ2) is 4.80. The Kier molecular flexibility index (Phi) is 3.59. The second-order valence-electron chi connectivity index (χ2n) is 4.16. The van der Waals surface area contributed by atoms with Crippen LogP contribution in [0.3, 0.4) is 0 Å². The highest BCUT2D eigenvalue weighted by Crippen LogP contribution is 2.53. The molecule has 5 nitrogen and oxygen atoms in total. The van der Waals surface area contributed by atoms with E-state index in [0.717, 1.165) is 6.07 Å². The van der Waals surface area contributed by atoms with Crippen molar-refractivity contribution >= 4 is 17.3 Å². The zero-order chi connectivity index (χ0) is 16.9. The van der Waals surface area contributed by atoms with Gasteiger partial charge < -0.3 is 9.47 Å². The van der Waals surface area contributed by atoms with Crippen molar-refractivity contribution in [3.8, 4) is 11.5 Å². The molecular formula is C10H4ClF6NO4. The molecular weight excluding hydrogens is 348 g/mol. The summed E-state index contributed by atoms with van der Waals surface area (Å²) in [6, 6.07) is 1.97. The first-order valence-electron chi connectivity index (χ1n) is 5.32. The minimum Gasteiger partial charge on any atom is -0.439 e. The molecule has 122 valence electrons. The summed E-state index contributed by atoms with van der Waals surface area (Å²) >= 11 is 4.87. The van der Waals surface area contributed by atoms with Crippen molar-refractivity contribution in [1.29, 1.82) is 0 Å². The Hall–Kier alpha value is -1.91. The SMILES string of the molecule is O=[N+]([O-])c1ccc2c(c1)OC(C(Cl)C(F)(F)F)(C(F)(F)F)O2. The summed E-state index contributed by atoms with van der Waals surface area (Å²) in [5.41, 5.74) is -0.682. The van der Waals surface area contributed by atoms with E-state index in [1.165, 1.54) is 0 Å². The van der Waals surface area contributed by atoms with Gasteiger partial charge in [-0.15, -0.1) is 11.6 Å². The molecule has 0 amide bonds. The predicted octanol–water partition coefficient (Wildman–Crippen LogP) is 3.79. The highest BCUT2D eigenvalue weighted by molar-refractivity contribution is 6.22. The Morgan fingerprint density at radius 2 is 1.68 bits per heavy atom. The topological polar surface area (TPSA) is 61.6 Å². The Balaban J connectivity index is 2.50. The first-order valence-corrected chi connectivity index (χ1v) is 5.76. The molecule has 0 saturated carbocycles. The van der Waals surface area contributed by atoms with E-state index in [4.69, 9.17) is 11.6 Å². The summed E-state index contributed by atoms with van der Waals surface area (Å²) in [6.45, 7) is 0. The van der Waals surface area contributed by atoms with Gasteiger partial charge in [-0.25, -0.2) is 0 Å². The molecule has 0 aromatic heterocycles. The molecule has 2 rings (SSSR count). The number of fused-ring (bicyclic) bond motifs is 1. The largest absolute Gasteiger partial charge is 0.470 e. The molecule has 0 fully saturated rings. The number of benzene rings is 1. The van der Waals surface area contributed by atoms with E-state index in [0.29, 0.717) is 12.1 Å². The van der Waals surface area contributed by atoms with Gasteiger partial charge in [-0.05, 0) is 6.07 Å². The summed E-state index contributed by atoms with van der Waals surface area (Å²) < 4.78 is 85.5. The highest BCUT2D eigenvalue weighted by Gasteiger charge is 2.74. The fourth-order valence-corrected chi connectivity index (χ4v) is 1.91. The minimum absolute atomic E-state index is 0.517. The van der Waals surface area contributed by atoms with Crippen LogP contribution < -0.4 is 9.47 Å². The van der Waals surface area contributed by atoms with E-state index in [-0.39, 0.29) is 0 Å². The molecule has 0 bridgehead atoms. The average Bonchev–Trinajstić information content (AvgIpc) is 2.75. The Bertz CT molecular complexity index is 618. The maximum atomic E-state index is 13.1. The van der Waals surface area contributed by atoms with Crippen LogP contribution in [0.2, 0.25) is 0 Å². The quantitative estimate of drug-likeness (QED) is 0.352. The van der Waals surface area contributed by atoms with Crippen LogP contribution >= 0.6 is 11.6 Å². The van der Waals surface area contributed by atoms with Crippen LogP contribution in [0.1, 0.15) is 0 Å². The van der Waals surface area contributed by atoms with Crippen LogP contribution in [0.25, 0.3) is 0 Å². The first-order chi connectivity index (χ1) is 9.88. The van der Waals surface area contributed by atoms with E-state index < -0.39 is 45.6 Å². The molecule has 0 radical (unpaired) electrons. The van der Waals surface area contributed by atoms with Gasteiger partial charge in [0, 0.05) is 6.07 Å². The number of hydrogen-bond acceptors (Lipinski definition) is 4. The first kappa shape index (κ1) is 16.5. The molecule has 0 aliphatic carbocycles. The van der Waals surface area contributed by atoms with Crippen molar-refractivity contribution in [1.82, 2.24) is 0 Å². The van der Waals surface area contributed by atoms with Crippen molar-refractivity contribution in [3.05, 3.63) is 28.3 Å². The standard InChI is InChI=1S/C10H4ClF6NO4/c11-7(9(12,13)14)8(10(15,16)17)21-5-2-1-4(18(19)20)3-6(5)22-8/h1-3,7H. The van der Waals surface area contributed by atoms with Crippen molar-refractivity contribution < 1.29 is 40.7 Å². The molecule has 1 aliphatic rings. The zero-order valence-corrected chi connectivity index (χ0v) is 10.8. The number of nitrogens with zero attached hydrogens (tertiary/aromatic N) is 1. The molecule has 1 aromatic carbocycles. The van der Waals surface area contributed by atoms with Gasteiger partial charge in [0.1, 0.15) is 0 Å². The molecule has 0 saturated heterocycles. The zero-order valence-electron chi connectivity index (χ0n) is 10.0. The summed E-state index contributed by atoms with van der Waals surface area (Å²) in [5, 5.41) is 6.96. The third kappa shape index (κ3) is 2.49. The van der Waals surface area contributed by atoms with Crippen molar-refractivity contribution in [2.24, 2.45) is 0 Å². The van der Waals surface area contributed by atoms with Crippen LogP contribution in [0, 0.1) is 10.1 Å². The number of nitro benzene ring substituents is 1. The lowest BCUT2D eigenvalue weighted by Gasteiger charge is -2.33. The molecule has 1 aliphatic heterocycles. The van der Waals surface area contributed by atoms with E-state index in [9.17, 15) is 36.5 Å². The minimum atomic E-state index is -5.65. The number of halogens is 7. The van der Waals surface area contributed by atoms with E-state index in [1.54, 1.807) is 0 Å². The molecule has 22 heavy (non-hydrogen) atoms. The monoisotopic (exact) mass is 351 g/mol. The van der Waals surface area contributed by atoms with Gasteiger partial charge in [0.25, 0.3) is 5.69 Å². The molecule has 1 aromatic rings. The summed E-state index contributed by atoms with van der Waals surface area (Å²) in [6.07, 6.45) is -11.1. The lowest BCUT2D eigenvalue weighted by Crippen LogP contribution is -2.63. The number of rotatable bonds is 2. The predicted molar refractivity (Wildman–Crippen MR) is 58.8 cm³/mol. The molecule has 2 unspecified atom stereocenters. The fourth-order valence-electron chi connectivity index (χ4n) is 1.70. The maximum Gasteiger partial charge on any atom is 0.470 e. The van der Waals surface area contributed by atoms with Gasteiger partial charge in [-0.2, -0.15) is 26.3 Å². The van der Waals surface area contributed by atoms with Gasteiger partial charge in [-0.1, -0.05) is 0 Å². The lowest BCUT2D eigenvalue weighted by molar-refractivity contribution is -0.385. The van der Waals surface area contributed by atoms with Crippen LogP contribution in [0.5, 0.6) is 11.5 Å². The van der Waals surface area contributed by atoms with Crippen molar-refractivity contribution in [2.75, 3.05) is 0 Å². The average molecular weight is 352 g/mol. The number of hydrogen-bond donors (Lipinski definition) is 0. The summed E-state index contributed by atoms with van der Waals surface area (Å²) in [5.74, 6) is -5.82. The number of non-ortho nitro benzene ring substituents is 1. The molecule has 12 heteroatoms. The highest BCUT2D eigenvalue weighted by atomic mass is 35.5. The number of nitro groups is 1. The second-order valence-corrected chi connectivity index (χ2v) is 4.60. The van der Waals surface area contributed by atoms with E-state index in [1.807, 2.05) is 0 Å². The van der Waals surface area contributed by atoms with Crippen LogP contribution in [0.4, 0.5) is 32.0 Å². The number of ether oxygens (including phenoxy) is 2. The third-order valence-corrected chi connectivity index (χ3v) is 3.21. The van der Waals surface area contributed by atoms with Crippen LogP contribution in [-0.2, 0) is 0 Å². The van der Waals surface area contributed by atoms with Gasteiger partial charge >= 0.3 is 18.1 Å². The van der Waals surface area contributed by atoms with Crippen molar-refractivity contribution in [2.45, 2.75) is 23.5 Å². The van der Waals surface area contributed by atoms with E-state index in [2.05, 4.69) is 9.47 Å². The Morgan fingerprint density at radius 1 is 1.14 bits per heavy atom. The Labute approximate surface area is 122 Å². The summed E-state index contributed by atoms with van der Waals surface area (Å²) in [4.78, 5) is 9.57. The maximum absolute atomic E-state index is 13.1. The van der Waals surface area contributed by atoms with Gasteiger partial charge in [-0.3, -0.25) is 10.1 Å². The van der Waals surface area contributed by atoms with E-state index >= 15 is 0 Å². The van der Waals surface area contributed by atoms with Gasteiger partial charge in [0.15, 0.2) is 11.5 Å². The van der Waals surface area contributed by atoms with Crippen LogP contribution in [0.15, 0.2) is 18.2 Å². The molecule has 0 N–H and O–H groups in total. The summed E-state index contributed by atoms with van der Waals surface area (Å²) in [7, 11) is 0. The molecule has 0 spiro atoms. The smallest absolute Gasteiger partial charge is 0.439 e. The van der Waals surface area contributed by atoms with Gasteiger partial charge in [0.2, 0.25) is 5.38 Å².